The summed E-state index contributed by atoms with van der Waals surface area (Å²) >= 11 is 5.63. The van der Waals surface area contributed by atoms with Crippen LogP contribution in [-0.4, -0.2) is 16.3 Å². The molecule has 0 N–H and O–H groups in total. The van der Waals surface area contributed by atoms with Gasteiger partial charge >= 0.3 is 0 Å². The van der Waals surface area contributed by atoms with Gasteiger partial charge in [-0.2, -0.15) is 0 Å². The average molecular weight is 273 g/mol. The topological polar surface area (TPSA) is 42.9 Å². The minimum absolute atomic E-state index is 0.191. The molecule has 2 rings (SSSR count). The average Bonchev–Trinajstić information content (AvgIpc) is 2.36. The van der Waals surface area contributed by atoms with Gasteiger partial charge in [-0.15, -0.1) is 0 Å². The van der Waals surface area contributed by atoms with E-state index in [-0.39, 0.29) is 22.0 Å². The van der Waals surface area contributed by atoms with E-state index in [1.165, 1.54) is 0 Å². The molecule has 0 fully saturated rings. The third-order valence-corrected chi connectivity index (χ3v) is 2.54. The Morgan fingerprint density at radius 1 is 1.11 bits per heavy atom. The van der Waals surface area contributed by atoms with Crippen molar-refractivity contribution in [1.29, 1.82) is 0 Å². The van der Waals surface area contributed by atoms with Crippen LogP contribution in [0.5, 0.6) is 0 Å². The normalized spacial score (nSPS) is 10.4. The lowest BCUT2D eigenvalue weighted by molar-refractivity contribution is 0.112. The number of nitrogens with zero attached hydrogens (tertiary/aromatic N) is 2. The van der Waals surface area contributed by atoms with Crippen LogP contribution in [0.15, 0.2) is 18.5 Å². The van der Waals surface area contributed by atoms with Crippen LogP contribution in [0.2, 0.25) is 5.15 Å². The molecule has 7 heteroatoms. The van der Waals surface area contributed by atoms with E-state index in [1.807, 2.05) is 0 Å². The Morgan fingerprint density at radius 3 is 2.50 bits per heavy atom. The lowest BCUT2D eigenvalue weighted by Crippen LogP contribution is -2.00. The molecule has 2 aromatic rings. The SMILES string of the molecule is O=Cc1c(Cl)ncnc1-c1ccc(F)c(F)c1F. The monoisotopic (exact) mass is 272 g/mol. The van der Waals surface area contributed by atoms with Crippen molar-refractivity contribution in [2.24, 2.45) is 0 Å². The summed E-state index contributed by atoms with van der Waals surface area (Å²) in [5.74, 6) is -4.41. The molecule has 0 radical (unpaired) electrons. The number of aldehydes is 1. The van der Waals surface area contributed by atoms with E-state index in [0.717, 1.165) is 18.5 Å². The number of hydrogen-bond acceptors (Lipinski definition) is 3. The first-order chi connectivity index (χ1) is 8.56. The minimum atomic E-state index is -1.64. The molecule has 3 nitrogen and oxygen atoms in total. The Hall–Kier alpha value is -1.95. The van der Waals surface area contributed by atoms with Gasteiger partial charge in [-0.05, 0) is 12.1 Å². The Kier molecular flexibility index (Phi) is 3.29. The lowest BCUT2D eigenvalue weighted by Gasteiger charge is -2.06. The van der Waals surface area contributed by atoms with Gasteiger partial charge in [0, 0.05) is 5.56 Å². The summed E-state index contributed by atoms with van der Waals surface area (Å²) in [6, 6.07) is 1.71. The zero-order valence-corrected chi connectivity index (χ0v) is 9.38. The minimum Gasteiger partial charge on any atom is -0.298 e. The highest BCUT2D eigenvalue weighted by molar-refractivity contribution is 6.32. The van der Waals surface area contributed by atoms with Crippen molar-refractivity contribution in [2.45, 2.75) is 0 Å². The van der Waals surface area contributed by atoms with Crippen molar-refractivity contribution in [2.75, 3.05) is 0 Å². The second kappa shape index (κ2) is 4.73. The van der Waals surface area contributed by atoms with Crippen molar-refractivity contribution in [3.8, 4) is 11.3 Å². The smallest absolute Gasteiger partial charge is 0.195 e. The van der Waals surface area contributed by atoms with Gasteiger partial charge in [0.15, 0.2) is 23.7 Å². The highest BCUT2D eigenvalue weighted by Crippen LogP contribution is 2.28. The van der Waals surface area contributed by atoms with E-state index in [2.05, 4.69) is 9.97 Å². The predicted molar refractivity (Wildman–Crippen MR) is 57.7 cm³/mol. The molecule has 0 saturated heterocycles. The largest absolute Gasteiger partial charge is 0.298 e. The molecule has 0 aliphatic carbocycles. The van der Waals surface area contributed by atoms with E-state index >= 15 is 0 Å². The summed E-state index contributed by atoms with van der Waals surface area (Å²) in [7, 11) is 0. The summed E-state index contributed by atoms with van der Waals surface area (Å²) in [6.07, 6.45) is 1.31. The van der Waals surface area contributed by atoms with Gasteiger partial charge < -0.3 is 0 Å². The zero-order valence-electron chi connectivity index (χ0n) is 8.62. The second-order valence-electron chi connectivity index (χ2n) is 3.27. The van der Waals surface area contributed by atoms with E-state index in [9.17, 15) is 18.0 Å². The van der Waals surface area contributed by atoms with Gasteiger partial charge in [0.05, 0.1) is 11.3 Å². The summed E-state index contributed by atoms with van der Waals surface area (Å²) in [4.78, 5) is 18.0. The van der Waals surface area contributed by atoms with Gasteiger partial charge in [-0.1, -0.05) is 11.6 Å². The van der Waals surface area contributed by atoms with Gasteiger partial charge in [0.25, 0.3) is 0 Å². The van der Waals surface area contributed by atoms with Crippen LogP contribution in [0, 0.1) is 17.5 Å². The van der Waals surface area contributed by atoms with Crippen molar-refractivity contribution in [1.82, 2.24) is 9.97 Å². The molecule has 1 aromatic heterocycles. The van der Waals surface area contributed by atoms with E-state index in [0.29, 0.717) is 6.29 Å². The number of benzene rings is 1. The predicted octanol–water partition coefficient (Wildman–Crippen LogP) is 3.03. The molecule has 0 saturated carbocycles. The van der Waals surface area contributed by atoms with Crippen molar-refractivity contribution < 1.29 is 18.0 Å². The Balaban J connectivity index is 2.74. The van der Waals surface area contributed by atoms with Crippen molar-refractivity contribution in [3.63, 3.8) is 0 Å². The lowest BCUT2D eigenvalue weighted by atomic mass is 10.1. The molecule has 0 amide bonds. The molecule has 0 aliphatic heterocycles. The second-order valence-corrected chi connectivity index (χ2v) is 3.63. The standard InChI is InChI=1S/C11H4ClF3N2O/c12-11-6(3-18)10(16-4-17-11)5-1-2-7(13)9(15)8(5)14/h1-4H. The quantitative estimate of drug-likeness (QED) is 0.479. The maximum Gasteiger partial charge on any atom is 0.195 e. The number of carbonyl (C=O) groups excluding carboxylic acids is 1. The zero-order chi connectivity index (χ0) is 13.3. The molecule has 0 aliphatic rings. The number of aromatic nitrogens is 2. The molecular weight excluding hydrogens is 269 g/mol. The molecule has 18 heavy (non-hydrogen) atoms. The van der Waals surface area contributed by atoms with Crippen LogP contribution in [0.4, 0.5) is 13.2 Å². The Labute approximate surface area is 104 Å². The number of rotatable bonds is 2. The van der Waals surface area contributed by atoms with E-state index < -0.39 is 17.5 Å². The van der Waals surface area contributed by atoms with Crippen molar-refractivity contribution in [3.05, 3.63) is 46.6 Å². The fourth-order valence-corrected chi connectivity index (χ4v) is 1.58. The Morgan fingerprint density at radius 2 is 1.83 bits per heavy atom. The fraction of sp³-hybridized carbons (Fsp3) is 0. The number of hydrogen-bond donors (Lipinski definition) is 0. The first-order valence-corrected chi connectivity index (χ1v) is 5.03. The molecule has 1 aromatic carbocycles. The van der Waals surface area contributed by atoms with E-state index in [4.69, 9.17) is 11.6 Å². The molecule has 0 spiro atoms. The maximum absolute atomic E-state index is 13.6. The molecule has 1 heterocycles. The summed E-state index contributed by atoms with van der Waals surface area (Å²) in [5.41, 5.74) is -0.745. The summed E-state index contributed by atoms with van der Waals surface area (Å²) in [5, 5.41) is -0.195. The first-order valence-electron chi connectivity index (χ1n) is 4.65. The van der Waals surface area contributed by atoms with Gasteiger partial charge in [0.1, 0.15) is 11.5 Å². The molecular formula is C11H4ClF3N2O. The van der Waals surface area contributed by atoms with Crippen molar-refractivity contribution >= 4 is 17.9 Å². The van der Waals surface area contributed by atoms with Gasteiger partial charge in [-0.25, -0.2) is 23.1 Å². The number of halogens is 4. The first kappa shape index (κ1) is 12.5. The molecule has 0 unspecified atom stereocenters. The third-order valence-electron chi connectivity index (χ3n) is 2.24. The maximum atomic E-state index is 13.6. The molecule has 92 valence electrons. The van der Waals surface area contributed by atoms with Crippen LogP contribution in [0.1, 0.15) is 10.4 Å². The highest BCUT2D eigenvalue weighted by atomic mass is 35.5. The van der Waals surface area contributed by atoms with Crippen LogP contribution in [0.3, 0.4) is 0 Å². The third kappa shape index (κ3) is 1.95. The van der Waals surface area contributed by atoms with E-state index in [1.54, 1.807) is 0 Å². The molecule has 0 atom stereocenters. The van der Waals surface area contributed by atoms with Crippen LogP contribution in [0.25, 0.3) is 11.3 Å². The molecule has 0 bridgehead atoms. The highest BCUT2D eigenvalue weighted by Gasteiger charge is 2.19. The number of carbonyl (C=O) groups is 1. The summed E-state index contributed by atoms with van der Waals surface area (Å²) < 4.78 is 39.5. The summed E-state index contributed by atoms with van der Waals surface area (Å²) in [6.45, 7) is 0. The fourth-order valence-electron chi connectivity index (χ4n) is 1.40. The van der Waals surface area contributed by atoms with Crippen LogP contribution < -0.4 is 0 Å². The Bertz CT molecular complexity index is 634. The van der Waals surface area contributed by atoms with Gasteiger partial charge in [0.2, 0.25) is 0 Å². The van der Waals surface area contributed by atoms with Gasteiger partial charge in [-0.3, -0.25) is 4.79 Å². The van der Waals surface area contributed by atoms with Crippen LogP contribution >= 0.6 is 11.6 Å². The van der Waals surface area contributed by atoms with Crippen LogP contribution in [-0.2, 0) is 0 Å².